The molecule has 0 aromatic heterocycles. The van der Waals surface area contributed by atoms with Crippen LogP contribution >= 0.6 is 0 Å². The van der Waals surface area contributed by atoms with Gasteiger partial charge >= 0.3 is 5.97 Å². The van der Waals surface area contributed by atoms with Crippen LogP contribution < -0.4 is 0 Å². The molecule has 0 aliphatic rings. The Morgan fingerprint density at radius 1 is 1.21 bits per heavy atom. The number of hydrogen-bond acceptors (Lipinski definition) is 2. The normalized spacial score (nSPS) is 14.0. The molecule has 3 nitrogen and oxygen atoms in total. The van der Waals surface area contributed by atoms with E-state index in [0.29, 0.717) is 12.0 Å². The molecule has 84 valence electrons. The lowest BCUT2D eigenvalue weighted by molar-refractivity contribution is -0.138. The topological polar surface area (TPSA) is 40.5 Å². The molecule has 1 atom stereocenters. The van der Waals surface area contributed by atoms with Crippen LogP contribution in [0, 0.1) is 5.92 Å². The molecule has 1 N–H and O–H groups in total. The van der Waals surface area contributed by atoms with E-state index in [1.165, 1.54) is 0 Å². The molecule has 0 spiro atoms. The highest BCUT2D eigenvalue weighted by molar-refractivity contribution is 5.67. The van der Waals surface area contributed by atoms with Crippen molar-refractivity contribution in [1.82, 2.24) is 4.90 Å². The molecule has 0 aliphatic heterocycles. The van der Waals surface area contributed by atoms with E-state index < -0.39 is 5.97 Å². The first-order valence-corrected chi connectivity index (χ1v) is 5.32. The summed E-state index contributed by atoms with van der Waals surface area (Å²) in [6.45, 7) is 11.5. The summed E-state index contributed by atoms with van der Waals surface area (Å²) in [5.74, 6) is -0.138. The van der Waals surface area contributed by atoms with Gasteiger partial charge in [-0.1, -0.05) is 13.8 Å². The van der Waals surface area contributed by atoms with Crippen LogP contribution in [-0.4, -0.2) is 34.6 Å². The van der Waals surface area contributed by atoms with E-state index in [1.54, 1.807) is 0 Å². The Morgan fingerprint density at radius 3 is 2.00 bits per heavy atom. The third-order valence-electron chi connectivity index (χ3n) is 2.28. The highest BCUT2D eigenvalue weighted by atomic mass is 16.4. The minimum Gasteiger partial charge on any atom is -0.481 e. The fraction of sp³-hybridized carbons (Fsp3) is 0.909. The molecule has 0 rings (SSSR count). The van der Waals surface area contributed by atoms with Crippen LogP contribution in [-0.2, 0) is 4.79 Å². The van der Waals surface area contributed by atoms with Gasteiger partial charge in [-0.15, -0.1) is 0 Å². The zero-order valence-corrected chi connectivity index (χ0v) is 9.95. The predicted octanol–water partition coefficient (Wildman–Crippen LogP) is 2.22. The largest absolute Gasteiger partial charge is 0.481 e. The summed E-state index contributed by atoms with van der Waals surface area (Å²) in [7, 11) is 0. The second-order valence-corrected chi connectivity index (χ2v) is 4.63. The van der Waals surface area contributed by atoms with E-state index in [2.05, 4.69) is 32.6 Å². The van der Waals surface area contributed by atoms with Gasteiger partial charge in [-0.3, -0.25) is 9.69 Å². The standard InChI is InChI=1S/C11H23NO2/c1-8(2)7-12(9(3)4)10(5)6-11(13)14/h8-10H,6-7H2,1-5H3,(H,13,14). The molecular formula is C11H23NO2. The zero-order valence-electron chi connectivity index (χ0n) is 9.95. The molecule has 0 bridgehead atoms. The van der Waals surface area contributed by atoms with Gasteiger partial charge in [0.1, 0.15) is 0 Å². The van der Waals surface area contributed by atoms with Crippen molar-refractivity contribution in [2.24, 2.45) is 5.92 Å². The van der Waals surface area contributed by atoms with Crippen LogP contribution in [0.15, 0.2) is 0 Å². The van der Waals surface area contributed by atoms with E-state index in [4.69, 9.17) is 5.11 Å². The van der Waals surface area contributed by atoms with E-state index in [-0.39, 0.29) is 12.5 Å². The molecule has 14 heavy (non-hydrogen) atoms. The Hall–Kier alpha value is -0.570. The highest BCUT2D eigenvalue weighted by Crippen LogP contribution is 2.11. The average Bonchev–Trinajstić information content (AvgIpc) is 1.97. The summed E-state index contributed by atoms with van der Waals surface area (Å²) in [4.78, 5) is 12.8. The van der Waals surface area contributed by atoms with Gasteiger partial charge in [0.15, 0.2) is 0 Å². The van der Waals surface area contributed by atoms with Crippen molar-refractivity contribution in [3.8, 4) is 0 Å². The SMILES string of the molecule is CC(C)CN(C(C)C)C(C)CC(=O)O. The van der Waals surface area contributed by atoms with Gasteiger partial charge in [-0.05, 0) is 26.7 Å². The van der Waals surface area contributed by atoms with Gasteiger partial charge in [0, 0.05) is 18.6 Å². The fourth-order valence-corrected chi connectivity index (χ4v) is 1.69. The van der Waals surface area contributed by atoms with Gasteiger partial charge in [0.2, 0.25) is 0 Å². The zero-order chi connectivity index (χ0) is 11.3. The molecule has 0 fully saturated rings. The average molecular weight is 201 g/mol. The maximum Gasteiger partial charge on any atom is 0.304 e. The van der Waals surface area contributed by atoms with Crippen molar-refractivity contribution in [2.75, 3.05) is 6.54 Å². The van der Waals surface area contributed by atoms with Gasteiger partial charge in [0.05, 0.1) is 6.42 Å². The molecule has 0 aliphatic carbocycles. The van der Waals surface area contributed by atoms with Crippen LogP contribution in [0.3, 0.4) is 0 Å². The Bertz CT molecular complexity index is 178. The van der Waals surface area contributed by atoms with E-state index in [1.807, 2.05) is 6.92 Å². The molecule has 0 aromatic carbocycles. The summed E-state index contributed by atoms with van der Waals surface area (Å²) in [6, 6.07) is 0.529. The number of hydrogen-bond donors (Lipinski definition) is 1. The molecular weight excluding hydrogens is 178 g/mol. The second-order valence-electron chi connectivity index (χ2n) is 4.63. The Kier molecular flexibility index (Phi) is 5.77. The molecule has 0 amide bonds. The quantitative estimate of drug-likeness (QED) is 0.716. The van der Waals surface area contributed by atoms with Crippen molar-refractivity contribution >= 4 is 5.97 Å². The minimum absolute atomic E-state index is 0.120. The number of nitrogens with zero attached hydrogens (tertiary/aromatic N) is 1. The van der Waals surface area contributed by atoms with Crippen molar-refractivity contribution in [2.45, 2.75) is 53.1 Å². The first-order valence-electron chi connectivity index (χ1n) is 5.32. The lowest BCUT2D eigenvalue weighted by Gasteiger charge is -2.33. The highest BCUT2D eigenvalue weighted by Gasteiger charge is 2.20. The number of rotatable bonds is 6. The van der Waals surface area contributed by atoms with E-state index in [9.17, 15) is 4.79 Å². The van der Waals surface area contributed by atoms with Gasteiger partial charge in [-0.25, -0.2) is 0 Å². The Morgan fingerprint density at radius 2 is 1.71 bits per heavy atom. The third kappa shape index (κ3) is 5.22. The number of carboxylic acid groups (broad SMARTS) is 1. The maximum absolute atomic E-state index is 10.6. The van der Waals surface area contributed by atoms with Crippen molar-refractivity contribution in [1.29, 1.82) is 0 Å². The van der Waals surface area contributed by atoms with Crippen molar-refractivity contribution in [3.05, 3.63) is 0 Å². The van der Waals surface area contributed by atoms with Crippen LogP contribution in [0.4, 0.5) is 0 Å². The molecule has 0 saturated heterocycles. The predicted molar refractivity (Wildman–Crippen MR) is 58.4 cm³/mol. The van der Waals surface area contributed by atoms with Crippen molar-refractivity contribution in [3.63, 3.8) is 0 Å². The molecule has 0 heterocycles. The monoisotopic (exact) mass is 201 g/mol. The molecule has 0 radical (unpaired) electrons. The second kappa shape index (κ2) is 6.02. The van der Waals surface area contributed by atoms with Crippen LogP contribution in [0.5, 0.6) is 0 Å². The number of carbonyl (C=O) groups is 1. The smallest absolute Gasteiger partial charge is 0.304 e. The van der Waals surface area contributed by atoms with Gasteiger partial charge in [-0.2, -0.15) is 0 Å². The van der Waals surface area contributed by atoms with Crippen LogP contribution in [0.1, 0.15) is 41.0 Å². The van der Waals surface area contributed by atoms with Crippen LogP contribution in [0.2, 0.25) is 0 Å². The maximum atomic E-state index is 10.6. The first kappa shape index (κ1) is 13.4. The minimum atomic E-state index is -0.716. The molecule has 0 aromatic rings. The summed E-state index contributed by atoms with van der Waals surface area (Å²) in [5.41, 5.74) is 0. The lowest BCUT2D eigenvalue weighted by atomic mass is 10.1. The lowest BCUT2D eigenvalue weighted by Crippen LogP contribution is -2.42. The summed E-state index contributed by atoms with van der Waals surface area (Å²) >= 11 is 0. The summed E-state index contributed by atoms with van der Waals surface area (Å²) < 4.78 is 0. The summed E-state index contributed by atoms with van der Waals surface area (Å²) in [5, 5.41) is 8.72. The van der Waals surface area contributed by atoms with Gasteiger partial charge < -0.3 is 5.11 Å². The van der Waals surface area contributed by atoms with Crippen molar-refractivity contribution < 1.29 is 9.90 Å². The molecule has 3 heteroatoms. The van der Waals surface area contributed by atoms with E-state index >= 15 is 0 Å². The summed E-state index contributed by atoms with van der Waals surface area (Å²) in [6.07, 6.45) is 0.227. The Labute approximate surface area is 87.1 Å². The number of aliphatic carboxylic acids is 1. The Balaban J connectivity index is 4.25. The third-order valence-corrected chi connectivity index (χ3v) is 2.28. The number of carboxylic acids is 1. The fourth-order valence-electron chi connectivity index (χ4n) is 1.69. The first-order chi connectivity index (χ1) is 6.34. The van der Waals surface area contributed by atoms with Gasteiger partial charge in [0.25, 0.3) is 0 Å². The van der Waals surface area contributed by atoms with Crippen LogP contribution in [0.25, 0.3) is 0 Å². The van der Waals surface area contributed by atoms with E-state index in [0.717, 1.165) is 6.54 Å². The molecule has 1 unspecified atom stereocenters. The molecule has 0 saturated carbocycles.